The summed E-state index contributed by atoms with van der Waals surface area (Å²) < 4.78 is 2.02. The number of hydrogen-bond acceptors (Lipinski definition) is 1. The van der Waals surface area contributed by atoms with Crippen LogP contribution in [0, 0.1) is 5.92 Å². The molecule has 0 radical (unpaired) electrons. The molecule has 2 rings (SSSR count). The average molecular weight is 320 g/mol. The highest BCUT2D eigenvalue weighted by molar-refractivity contribution is 9.11. The third-order valence-electron chi connectivity index (χ3n) is 2.58. The second-order valence-corrected chi connectivity index (χ2v) is 5.63. The smallest absolute Gasteiger partial charge is 0.0803 e. The van der Waals surface area contributed by atoms with Gasteiger partial charge in [0, 0.05) is 8.95 Å². The van der Waals surface area contributed by atoms with Gasteiger partial charge in [-0.3, -0.25) is 0 Å². The molecule has 1 saturated carbocycles. The number of rotatable bonds is 3. The molecule has 76 valence electrons. The van der Waals surface area contributed by atoms with E-state index in [1.54, 1.807) is 0 Å². The lowest BCUT2D eigenvalue weighted by atomic mass is 10.0. The van der Waals surface area contributed by atoms with Gasteiger partial charge in [0.15, 0.2) is 0 Å². The standard InChI is InChI=1S/C11H12Br2O/c12-8-3-4-9(10(13)6-8)11(14)5-7-1-2-7/h3-4,6-7,11,14H,1-2,5H2. The minimum absolute atomic E-state index is 0.315. The van der Waals surface area contributed by atoms with E-state index in [9.17, 15) is 5.11 Å². The van der Waals surface area contributed by atoms with Gasteiger partial charge in [0.1, 0.15) is 0 Å². The van der Waals surface area contributed by atoms with Crippen molar-refractivity contribution >= 4 is 31.9 Å². The molecular weight excluding hydrogens is 308 g/mol. The highest BCUT2D eigenvalue weighted by Crippen LogP contribution is 2.39. The second kappa shape index (κ2) is 4.33. The molecule has 1 nitrogen and oxygen atoms in total. The van der Waals surface area contributed by atoms with E-state index in [1.807, 2.05) is 18.2 Å². The molecule has 1 atom stereocenters. The third kappa shape index (κ3) is 2.59. The van der Waals surface area contributed by atoms with E-state index in [0.717, 1.165) is 26.8 Å². The quantitative estimate of drug-likeness (QED) is 0.891. The molecule has 1 aromatic rings. The Balaban J connectivity index is 2.13. The molecule has 0 saturated heterocycles. The van der Waals surface area contributed by atoms with Crippen molar-refractivity contribution in [3.63, 3.8) is 0 Å². The summed E-state index contributed by atoms with van der Waals surface area (Å²) in [4.78, 5) is 0. The molecule has 0 aliphatic heterocycles. The molecule has 0 aromatic heterocycles. The monoisotopic (exact) mass is 318 g/mol. The normalized spacial score (nSPS) is 18.2. The molecule has 1 aliphatic carbocycles. The lowest BCUT2D eigenvalue weighted by molar-refractivity contribution is 0.159. The van der Waals surface area contributed by atoms with E-state index in [2.05, 4.69) is 31.9 Å². The van der Waals surface area contributed by atoms with Crippen LogP contribution in [0.1, 0.15) is 30.9 Å². The SMILES string of the molecule is OC(CC1CC1)c1ccc(Br)cc1Br. The van der Waals surface area contributed by atoms with Crippen LogP contribution < -0.4 is 0 Å². The van der Waals surface area contributed by atoms with E-state index >= 15 is 0 Å². The fourth-order valence-electron chi connectivity index (χ4n) is 1.57. The van der Waals surface area contributed by atoms with Crippen LogP contribution in [0.4, 0.5) is 0 Å². The zero-order chi connectivity index (χ0) is 10.1. The molecule has 1 aromatic carbocycles. The van der Waals surface area contributed by atoms with E-state index in [0.29, 0.717) is 0 Å². The molecule has 0 bridgehead atoms. The van der Waals surface area contributed by atoms with Gasteiger partial charge in [0.25, 0.3) is 0 Å². The molecule has 1 N–H and O–H groups in total. The summed E-state index contributed by atoms with van der Waals surface area (Å²) in [5.74, 6) is 0.751. The maximum atomic E-state index is 9.96. The summed E-state index contributed by atoms with van der Waals surface area (Å²) in [7, 11) is 0. The lowest BCUT2D eigenvalue weighted by Gasteiger charge is -2.12. The molecule has 3 heteroatoms. The van der Waals surface area contributed by atoms with Gasteiger partial charge in [-0.25, -0.2) is 0 Å². The topological polar surface area (TPSA) is 20.2 Å². The Kier molecular flexibility index (Phi) is 3.30. The first kappa shape index (κ1) is 10.7. The van der Waals surface area contributed by atoms with Crippen LogP contribution in [0.25, 0.3) is 0 Å². The molecule has 0 heterocycles. The summed E-state index contributed by atoms with van der Waals surface area (Å²) >= 11 is 6.86. The van der Waals surface area contributed by atoms with Gasteiger partial charge in [-0.2, -0.15) is 0 Å². The average Bonchev–Trinajstić information content (AvgIpc) is 2.87. The maximum Gasteiger partial charge on any atom is 0.0803 e. The summed E-state index contributed by atoms with van der Waals surface area (Å²) in [6.07, 6.45) is 3.15. The van der Waals surface area contributed by atoms with Crippen LogP contribution in [0.5, 0.6) is 0 Å². The van der Waals surface area contributed by atoms with Gasteiger partial charge in [-0.1, -0.05) is 50.8 Å². The largest absolute Gasteiger partial charge is 0.388 e. The molecule has 1 aliphatic rings. The molecular formula is C11H12Br2O. The van der Waals surface area contributed by atoms with Gasteiger partial charge in [-0.15, -0.1) is 0 Å². The molecule has 1 fully saturated rings. The van der Waals surface area contributed by atoms with Gasteiger partial charge < -0.3 is 5.11 Å². The van der Waals surface area contributed by atoms with Crippen LogP contribution in [0.3, 0.4) is 0 Å². The Labute approximate surface area is 101 Å². The van der Waals surface area contributed by atoms with E-state index in [4.69, 9.17) is 0 Å². The number of aliphatic hydroxyl groups is 1. The maximum absolute atomic E-state index is 9.96. The minimum atomic E-state index is -0.315. The Morgan fingerprint density at radius 1 is 1.36 bits per heavy atom. The number of benzene rings is 1. The van der Waals surface area contributed by atoms with Gasteiger partial charge in [-0.05, 0) is 30.0 Å². The zero-order valence-corrected chi connectivity index (χ0v) is 10.9. The first-order chi connectivity index (χ1) is 6.66. The van der Waals surface area contributed by atoms with Crippen LogP contribution in [-0.2, 0) is 0 Å². The third-order valence-corrected chi connectivity index (χ3v) is 3.76. The Bertz CT molecular complexity index is 334. The van der Waals surface area contributed by atoms with Crippen molar-refractivity contribution in [3.05, 3.63) is 32.7 Å². The van der Waals surface area contributed by atoms with Crippen LogP contribution in [0.15, 0.2) is 27.1 Å². The first-order valence-electron chi connectivity index (χ1n) is 4.80. The molecule has 0 amide bonds. The van der Waals surface area contributed by atoms with Crippen molar-refractivity contribution in [2.24, 2.45) is 5.92 Å². The first-order valence-corrected chi connectivity index (χ1v) is 6.38. The van der Waals surface area contributed by atoms with Crippen molar-refractivity contribution in [2.75, 3.05) is 0 Å². The van der Waals surface area contributed by atoms with Gasteiger partial charge in [0.2, 0.25) is 0 Å². The summed E-state index contributed by atoms with van der Waals surface area (Å²) in [6.45, 7) is 0. The van der Waals surface area contributed by atoms with Crippen molar-refractivity contribution in [3.8, 4) is 0 Å². The van der Waals surface area contributed by atoms with E-state index in [1.165, 1.54) is 12.8 Å². The fraction of sp³-hybridized carbons (Fsp3) is 0.455. The lowest BCUT2D eigenvalue weighted by Crippen LogP contribution is -1.99. The van der Waals surface area contributed by atoms with Gasteiger partial charge in [0.05, 0.1) is 6.10 Å². The van der Waals surface area contributed by atoms with Crippen LogP contribution in [-0.4, -0.2) is 5.11 Å². The van der Waals surface area contributed by atoms with Crippen LogP contribution >= 0.6 is 31.9 Å². The number of aliphatic hydroxyl groups excluding tert-OH is 1. The molecule has 0 spiro atoms. The second-order valence-electron chi connectivity index (χ2n) is 3.86. The predicted octanol–water partition coefficient (Wildman–Crippen LogP) is 4.05. The van der Waals surface area contributed by atoms with E-state index < -0.39 is 0 Å². The van der Waals surface area contributed by atoms with E-state index in [-0.39, 0.29) is 6.10 Å². The van der Waals surface area contributed by atoms with Crippen molar-refractivity contribution in [1.82, 2.24) is 0 Å². The summed E-state index contributed by atoms with van der Waals surface area (Å²) in [6, 6.07) is 5.92. The molecule has 1 unspecified atom stereocenters. The Morgan fingerprint density at radius 3 is 2.64 bits per heavy atom. The fourth-order valence-corrected chi connectivity index (χ4v) is 2.88. The van der Waals surface area contributed by atoms with Crippen molar-refractivity contribution in [1.29, 1.82) is 0 Å². The Hall–Kier alpha value is 0.140. The molecule has 14 heavy (non-hydrogen) atoms. The predicted molar refractivity (Wildman–Crippen MR) is 64.1 cm³/mol. The number of halogens is 2. The van der Waals surface area contributed by atoms with Gasteiger partial charge >= 0.3 is 0 Å². The van der Waals surface area contributed by atoms with Crippen LogP contribution in [0.2, 0.25) is 0 Å². The highest BCUT2D eigenvalue weighted by Gasteiger charge is 2.25. The van der Waals surface area contributed by atoms with Crippen molar-refractivity contribution < 1.29 is 5.11 Å². The minimum Gasteiger partial charge on any atom is -0.388 e. The summed E-state index contributed by atoms with van der Waals surface area (Å²) in [5.41, 5.74) is 1.00. The zero-order valence-electron chi connectivity index (χ0n) is 7.71. The highest BCUT2D eigenvalue weighted by atomic mass is 79.9. The number of hydrogen-bond donors (Lipinski definition) is 1. The summed E-state index contributed by atoms with van der Waals surface area (Å²) in [5, 5.41) is 9.96. The van der Waals surface area contributed by atoms with Crippen molar-refractivity contribution in [2.45, 2.75) is 25.4 Å². The Morgan fingerprint density at radius 2 is 2.07 bits per heavy atom.